The molecular weight excluding hydrogens is 240 g/mol. The highest BCUT2D eigenvalue weighted by atomic mass is 35.5. The minimum Gasteiger partial charge on any atom is -0.355 e. The van der Waals surface area contributed by atoms with E-state index in [1.165, 1.54) is 6.33 Å². The number of anilines is 1. The van der Waals surface area contributed by atoms with Crippen LogP contribution in [0.1, 0.15) is 18.9 Å². The molecule has 1 aromatic rings. The van der Waals surface area contributed by atoms with E-state index in [0.29, 0.717) is 17.5 Å². The van der Waals surface area contributed by atoms with E-state index in [4.69, 9.17) is 11.6 Å². The van der Waals surface area contributed by atoms with E-state index < -0.39 is 0 Å². The second-order valence-corrected chi connectivity index (χ2v) is 4.18. The van der Waals surface area contributed by atoms with Crippen LogP contribution in [0.3, 0.4) is 0 Å². The van der Waals surface area contributed by atoms with Gasteiger partial charge in [0.15, 0.2) is 0 Å². The van der Waals surface area contributed by atoms with Gasteiger partial charge < -0.3 is 10.2 Å². The maximum absolute atomic E-state index is 11.6. The number of amides is 1. The normalized spacial score (nSPS) is 10.1. The predicted octanol–water partition coefficient (Wildman–Crippen LogP) is 1.40. The van der Waals surface area contributed by atoms with Crippen LogP contribution in [-0.2, 0) is 4.79 Å². The SMILES string of the molecule is CCCNC(=O)CN(C)c1ncnc(Cl)c1C. The summed E-state index contributed by atoms with van der Waals surface area (Å²) in [4.78, 5) is 21.3. The molecule has 0 atom stereocenters. The lowest BCUT2D eigenvalue weighted by atomic mass is 10.3. The van der Waals surface area contributed by atoms with Crippen LogP contribution in [0.4, 0.5) is 5.82 Å². The molecule has 1 heterocycles. The van der Waals surface area contributed by atoms with Gasteiger partial charge in [-0.1, -0.05) is 18.5 Å². The highest BCUT2D eigenvalue weighted by Crippen LogP contribution is 2.20. The zero-order chi connectivity index (χ0) is 12.8. The van der Waals surface area contributed by atoms with Crippen LogP contribution in [0.5, 0.6) is 0 Å². The van der Waals surface area contributed by atoms with Crippen LogP contribution < -0.4 is 10.2 Å². The number of hydrogen-bond donors (Lipinski definition) is 1. The lowest BCUT2D eigenvalue weighted by Crippen LogP contribution is -2.36. The van der Waals surface area contributed by atoms with Gasteiger partial charge in [0.1, 0.15) is 17.3 Å². The molecule has 0 bridgehead atoms. The van der Waals surface area contributed by atoms with Gasteiger partial charge in [-0.25, -0.2) is 9.97 Å². The second-order valence-electron chi connectivity index (χ2n) is 3.82. The van der Waals surface area contributed by atoms with E-state index in [9.17, 15) is 4.79 Å². The Balaban J connectivity index is 2.66. The molecule has 0 unspecified atom stereocenters. The molecule has 0 radical (unpaired) electrons. The third kappa shape index (κ3) is 3.85. The van der Waals surface area contributed by atoms with Crippen molar-refractivity contribution in [3.63, 3.8) is 0 Å². The summed E-state index contributed by atoms with van der Waals surface area (Å²) in [6.07, 6.45) is 2.32. The Labute approximate surface area is 106 Å². The summed E-state index contributed by atoms with van der Waals surface area (Å²) in [6, 6.07) is 0. The van der Waals surface area contributed by atoms with E-state index in [2.05, 4.69) is 15.3 Å². The van der Waals surface area contributed by atoms with Gasteiger partial charge in [-0.2, -0.15) is 0 Å². The first-order valence-electron chi connectivity index (χ1n) is 5.51. The summed E-state index contributed by atoms with van der Waals surface area (Å²) >= 11 is 5.90. The van der Waals surface area contributed by atoms with Crippen LogP contribution in [-0.4, -0.2) is 36.0 Å². The van der Waals surface area contributed by atoms with Gasteiger partial charge in [0.25, 0.3) is 0 Å². The zero-order valence-corrected chi connectivity index (χ0v) is 11.1. The molecule has 0 aliphatic heterocycles. The zero-order valence-electron chi connectivity index (χ0n) is 10.3. The first-order chi connectivity index (χ1) is 8.06. The molecule has 0 saturated heterocycles. The number of hydrogen-bond acceptors (Lipinski definition) is 4. The van der Waals surface area contributed by atoms with Crippen molar-refractivity contribution in [3.05, 3.63) is 17.0 Å². The van der Waals surface area contributed by atoms with E-state index in [1.54, 1.807) is 11.9 Å². The summed E-state index contributed by atoms with van der Waals surface area (Å²) in [5.41, 5.74) is 0.778. The molecule has 0 aliphatic carbocycles. The fourth-order valence-corrected chi connectivity index (χ4v) is 1.54. The Bertz CT molecular complexity index is 397. The van der Waals surface area contributed by atoms with Gasteiger partial charge in [-0.3, -0.25) is 4.79 Å². The molecule has 0 fully saturated rings. The molecule has 6 heteroatoms. The van der Waals surface area contributed by atoms with Gasteiger partial charge in [0, 0.05) is 19.2 Å². The molecular formula is C11H17ClN4O. The molecule has 0 saturated carbocycles. The van der Waals surface area contributed by atoms with E-state index >= 15 is 0 Å². The maximum Gasteiger partial charge on any atom is 0.239 e. The lowest BCUT2D eigenvalue weighted by Gasteiger charge is -2.19. The van der Waals surface area contributed by atoms with Crippen molar-refractivity contribution in [3.8, 4) is 0 Å². The van der Waals surface area contributed by atoms with Crippen molar-refractivity contribution in [1.82, 2.24) is 15.3 Å². The average Bonchev–Trinajstić information content (AvgIpc) is 2.29. The Morgan fingerprint density at radius 2 is 2.24 bits per heavy atom. The molecule has 0 aliphatic rings. The summed E-state index contributed by atoms with van der Waals surface area (Å²) < 4.78 is 0. The van der Waals surface area contributed by atoms with Crippen molar-refractivity contribution >= 4 is 23.3 Å². The molecule has 0 aromatic carbocycles. The molecule has 1 amide bonds. The van der Waals surface area contributed by atoms with E-state index in [-0.39, 0.29) is 12.5 Å². The van der Waals surface area contributed by atoms with Crippen molar-refractivity contribution in [2.75, 3.05) is 25.0 Å². The summed E-state index contributed by atoms with van der Waals surface area (Å²) in [5, 5.41) is 3.22. The topological polar surface area (TPSA) is 58.1 Å². The van der Waals surface area contributed by atoms with Crippen LogP contribution in [0.25, 0.3) is 0 Å². The highest BCUT2D eigenvalue weighted by molar-refractivity contribution is 6.30. The molecule has 5 nitrogen and oxygen atoms in total. The molecule has 1 N–H and O–H groups in total. The fraction of sp³-hybridized carbons (Fsp3) is 0.545. The first kappa shape index (κ1) is 13.7. The van der Waals surface area contributed by atoms with E-state index in [1.807, 2.05) is 13.8 Å². The number of nitrogens with one attached hydrogen (secondary N) is 1. The second kappa shape index (κ2) is 6.39. The number of halogens is 1. The molecule has 0 spiro atoms. The fourth-order valence-electron chi connectivity index (χ4n) is 1.42. The molecule has 17 heavy (non-hydrogen) atoms. The van der Waals surface area contributed by atoms with Gasteiger partial charge in [-0.05, 0) is 13.3 Å². The van der Waals surface area contributed by atoms with E-state index in [0.717, 1.165) is 12.0 Å². The number of rotatable bonds is 5. The van der Waals surface area contributed by atoms with Gasteiger partial charge in [0.05, 0.1) is 6.54 Å². The lowest BCUT2D eigenvalue weighted by molar-refractivity contribution is -0.119. The van der Waals surface area contributed by atoms with Crippen LogP contribution >= 0.6 is 11.6 Å². The largest absolute Gasteiger partial charge is 0.355 e. The van der Waals surface area contributed by atoms with Crippen LogP contribution in [0.2, 0.25) is 5.15 Å². The quantitative estimate of drug-likeness (QED) is 0.809. The Morgan fingerprint density at radius 1 is 1.53 bits per heavy atom. The minimum absolute atomic E-state index is 0.0246. The number of aromatic nitrogens is 2. The number of nitrogens with zero attached hydrogens (tertiary/aromatic N) is 3. The Morgan fingerprint density at radius 3 is 2.88 bits per heavy atom. The monoisotopic (exact) mass is 256 g/mol. The van der Waals surface area contributed by atoms with Gasteiger partial charge >= 0.3 is 0 Å². The van der Waals surface area contributed by atoms with Gasteiger partial charge in [-0.15, -0.1) is 0 Å². The Hall–Kier alpha value is -1.36. The van der Waals surface area contributed by atoms with Crippen molar-refractivity contribution < 1.29 is 4.79 Å². The average molecular weight is 257 g/mol. The predicted molar refractivity (Wildman–Crippen MR) is 68.3 cm³/mol. The number of likely N-dealkylation sites (N-methyl/N-ethyl adjacent to an activating group) is 1. The first-order valence-corrected chi connectivity index (χ1v) is 5.89. The third-order valence-electron chi connectivity index (χ3n) is 2.31. The number of carbonyl (C=O) groups is 1. The minimum atomic E-state index is -0.0246. The molecule has 1 rings (SSSR count). The summed E-state index contributed by atoms with van der Waals surface area (Å²) in [5.74, 6) is 0.653. The van der Waals surface area contributed by atoms with Crippen LogP contribution in [0.15, 0.2) is 6.33 Å². The smallest absolute Gasteiger partial charge is 0.239 e. The van der Waals surface area contributed by atoms with Crippen molar-refractivity contribution in [2.45, 2.75) is 20.3 Å². The Kier molecular flexibility index (Phi) is 5.15. The highest BCUT2D eigenvalue weighted by Gasteiger charge is 2.12. The summed E-state index contributed by atoms with van der Waals surface area (Å²) in [7, 11) is 1.80. The van der Waals surface area contributed by atoms with Gasteiger partial charge in [0.2, 0.25) is 5.91 Å². The standard InChI is InChI=1S/C11H17ClN4O/c1-4-5-13-9(17)6-16(3)11-8(2)10(12)14-7-15-11/h7H,4-6H2,1-3H3,(H,13,17). The third-order valence-corrected chi connectivity index (χ3v) is 2.69. The van der Waals surface area contributed by atoms with Crippen LogP contribution in [0, 0.1) is 6.92 Å². The van der Waals surface area contributed by atoms with Crippen molar-refractivity contribution in [1.29, 1.82) is 0 Å². The van der Waals surface area contributed by atoms with Crippen molar-refractivity contribution in [2.24, 2.45) is 0 Å². The molecule has 94 valence electrons. The maximum atomic E-state index is 11.6. The summed E-state index contributed by atoms with van der Waals surface area (Å²) in [6.45, 7) is 4.79. The number of carbonyl (C=O) groups excluding carboxylic acids is 1. The molecule has 1 aromatic heterocycles.